The number of halogens is 5. The summed E-state index contributed by atoms with van der Waals surface area (Å²) < 4.78 is 86.9. The van der Waals surface area contributed by atoms with E-state index in [-0.39, 0.29) is 11.7 Å². The zero-order valence-corrected chi connectivity index (χ0v) is 21.0. The molecule has 2 aromatic carbocycles. The van der Waals surface area contributed by atoms with Gasteiger partial charge in [-0.25, -0.2) is 22.0 Å². The molecule has 0 N–H and O–H groups in total. The number of hydrogen-bond donors (Lipinski definition) is 0. The van der Waals surface area contributed by atoms with E-state index in [2.05, 4.69) is 6.92 Å². The first-order valence-corrected chi connectivity index (χ1v) is 12.0. The highest BCUT2D eigenvalue weighted by Gasteiger charge is 2.42. The third-order valence-electron chi connectivity index (χ3n) is 6.05. The minimum absolute atomic E-state index is 0.134. The average molecular weight is 503 g/mol. The van der Waals surface area contributed by atoms with Crippen LogP contribution in [0, 0.1) is 29.1 Å². The molecule has 196 valence electrons. The molecule has 0 heterocycles. The molecule has 0 radical (unpaired) electrons. The first-order chi connectivity index (χ1) is 16.6. The number of unbranched alkanes of at least 4 members (excludes halogenated alkanes) is 5. The molecular weight excluding hydrogens is 467 g/mol. The number of hydrogen-bond acceptors (Lipinski definition) is 3. The molecule has 0 amide bonds. The van der Waals surface area contributed by atoms with Crippen LogP contribution in [0.3, 0.4) is 0 Å². The van der Waals surface area contributed by atoms with E-state index in [9.17, 15) is 22.0 Å². The molecule has 0 aliphatic carbocycles. The molecule has 0 spiro atoms. The van der Waals surface area contributed by atoms with E-state index in [1.807, 2.05) is 13.8 Å². The Morgan fingerprint density at radius 1 is 0.714 bits per heavy atom. The minimum atomic E-state index is -2.19. The van der Waals surface area contributed by atoms with Gasteiger partial charge in [0.2, 0.25) is 5.82 Å². The summed E-state index contributed by atoms with van der Waals surface area (Å²) in [5.41, 5.74) is -0.413. The second-order valence-electron chi connectivity index (χ2n) is 8.85. The normalized spacial score (nSPS) is 13.0. The van der Waals surface area contributed by atoms with Crippen LogP contribution in [0.4, 0.5) is 22.0 Å². The van der Waals surface area contributed by atoms with Crippen LogP contribution in [0.5, 0.6) is 0 Å². The summed E-state index contributed by atoms with van der Waals surface area (Å²) in [6.07, 6.45) is 6.86. The van der Waals surface area contributed by atoms with Crippen molar-refractivity contribution in [1.29, 1.82) is 0 Å². The van der Waals surface area contributed by atoms with Crippen LogP contribution < -0.4 is 0 Å². The molecule has 2 aromatic rings. The Morgan fingerprint density at radius 2 is 1.20 bits per heavy atom. The molecule has 35 heavy (non-hydrogen) atoms. The van der Waals surface area contributed by atoms with Gasteiger partial charge in [-0.05, 0) is 31.4 Å². The fourth-order valence-electron chi connectivity index (χ4n) is 4.29. The van der Waals surface area contributed by atoms with Gasteiger partial charge in [-0.2, -0.15) is 0 Å². The van der Waals surface area contributed by atoms with Crippen LogP contribution >= 0.6 is 0 Å². The summed E-state index contributed by atoms with van der Waals surface area (Å²) in [5.74, 6) is -11.7. The van der Waals surface area contributed by atoms with Gasteiger partial charge in [0.1, 0.15) is 0 Å². The smallest absolute Gasteiger partial charge is 0.289 e. The molecule has 2 rings (SSSR count). The van der Waals surface area contributed by atoms with E-state index < -0.39 is 46.5 Å². The quantitative estimate of drug-likeness (QED) is 0.0856. The summed E-state index contributed by atoms with van der Waals surface area (Å²) >= 11 is 0. The first kappa shape index (κ1) is 29.2. The average Bonchev–Trinajstić information content (AvgIpc) is 2.85. The fourth-order valence-corrected chi connectivity index (χ4v) is 4.29. The lowest BCUT2D eigenvalue weighted by Crippen LogP contribution is -2.45. The molecule has 1 atom stereocenters. The Bertz CT molecular complexity index is 914. The maximum absolute atomic E-state index is 14.3. The predicted molar refractivity (Wildman–Crippen MR) is 125 cm³/mol. The van der Waals surface area contributed by atoms with Gasteiger partial charge in [-0.15, -0.1) is 0 Å². The van der Waals surface area contributed by atoms with E-state index >= 15 is 0 Å². The van der Waals surface area contributed by atoms with E-state index in [1.54, 1.807) is 12.1 Å². The van der Waals surface area contributed by atoms with Crippen LogP contribution in [-0.4, -0.2) is 26.3 Å². The maximum atomic E-state index is 14.3. The lowest BCUT2D eigenvalue weighted by Gasteiger charge is -2.39. The summed E-state index contributed by atoms with van der Waals surface area (Å²) in [4.78, 5) is 0. The lowest BCUT2D eigenvalue weighted by atomic mass is 9.89. The minimum Gasteiger partial charge on any atom is -0.330 e. The molecule has 0 saturated heterocycles. The van der Waals surface area contributed by atoms with Crippen molar-refractivity contribution < 1.29 is 36.2 Å². The summed E-state index contributed by atoms with van der Waals surface area (Å²) in [6, 6.07) is 5.80. The summed E-state index contributed by atoms with van der Waals surface area (Å²) in [6.45, 7) is 5.85. The molecule has 3 nitrogen and oxygen atoms in total. The van der Waals surface area contributed by atoms with Crippen molar-refractivity contribution in [2.75, 3.05) is 14.2 Å². The van der Waals surface area contributed by atoms with Gasteiger partial charge in [-0.3, -0.25) is 0 Å². The van der Waals surface area contributed by atoms with Crippen LogP contribution in [0.15, 0.2) is 24.3 Å². The summed E-state index contributed by atoms with van der Waals surface area (Å²) in [7, 11) is 2.95. The van der Waals surface area contributed by atoms with Crippen LogP contribution in [0.25, 0.3) is 11.1 Å². The molecule has 0 aliphatic rings. The van der Waals surface area contributed by atoms with E-state index in [0.29, 0.717) is 12.0 Å². The zero-order valence-electron chi connectivity index (χ0n) is 21.0. The second-order valence-corrected chi connectivity index (χ2v) is 8.85. The molecule has 8 heteroatoms. The number of ether oxygens (including phenoxy) is 3. The Balaban J connectivity index is 2.42. The van der Waals surface area contributed by atoms with Crippen molar-refractivity contribution >= 4 is 0 Å². The lowest BCUT2D eigenvalue weighted by molar-refractivity contribution is -0.385. The van der Waals surface area contributed by atoms with Crippen LogP contribution in [0.2, 0.25) is 0 Å². The van der Waals surface area contributed by atoms with Gasteiger partial charge < -0.3 is 14.2 Å². The molecule has 0 bridgehead atoms. The topological polar surface area (TPSA) is 27.7 Å². The van der Waals surface area contributed by atoms with E-state index in [0.717, 1.165) is 32.1 Å². The zero-order chi connectivity index (χ0) is 26.2. The second kappa shape index (κ2) is 13.3. The highest BCUT2D eigenvalue weighted by atomic mass is 19.2. The third kappa shape index (κ3) is 6.80. The highest BCUT2D eigenvalue weighted by molar-refractivity contribution is 5.65. The number of methoxy groups -OCH3 is 2. The predicted octanol–water partition coefficient (Wildman–Crippen LogP) is 8.25. The van der Waals surface area contributed by atoms with Crippen molar-refractivity contribution in [2.45, 2.75) is 83.7 Å². The van der Waals surface area contributed by atoms with Crippen molar-refractivity contribution in [3.63, 3.8) is 0 Å². The largest absolute Gasteiger partial charge is 0.330 e. The van der Waals surface area contributed by atoms with Gasteiger partial charge in [0.25, 0.3) is 5.97 Å². The fraction of sp³-hybridized carbons (Fsp3) is 0.556. The molecule has 0 saturated carbocycles. The highest BCUT2D eigenvalue weighted by Crippen LogP contribution is 2.40. The molecule has 0 aliphatic heterocycles. The number of benzene rings is 2. The number of rotatable bonds is 14. The molecule has 0 aromatic heterocycles. The van der Waals surface area contributed by atoms with Gasteiger partial charge in [0, 0.05) is 14.2 Å². The van der Waals surface area contributed by atoms with Gasteiger partial charge >= 0.3 is 0 Å². The standard InChI is InChI=1S/C27H35F5O3/c1-6-7-8-9-10-11-12-20(27(33-4,34-5)35-17(2)3)18-13-15-19(16-14-18)21-22(28)24(30)26(32)25(31)23(21)29/h13-17,20H,6-12H2,1-5H3. The Hall–Kier alpha value is -2.03. The SMILES string of the molecule is CCCCCCCCC(c1ccc(-c2c(F)c(F)c(F)c(F)c2F)cc1)C(OC)(OC)OC(C)C. The third-order valence-corrected chi connectivity index (χ3v) is 6.05. The van der Waals surface area contributed by atoms with Crippen molar-refractivity contribution in [3.8, 4) is 11.1 Å². The molecular formula is C27H35F5O3. The Kier molecular flexibility index (Phi) is 11.1. The Morgan fingerprint density at radius 3 is 1.69 bits per heavy atom. The first-order valence-electron chi connectivity index (χ1n) is 12.0. The monoisotopic (exact) mass is 502 g/mol. The van der Waals surface area contributed by atoms with Crippen LogP contribution in [-0.2, 0) is 14.2 Å². The van der Waals surface area contributed by atoms with Crippen molar-refractivity contribution in [2.24, 2.45) is 0 Å². The van der Waals surface area contributed by atoms with Crippen molar-refractivity contribution in [3.05, 3.63) is 58.9 Å². The van der Waals surface area contributed by atoms with Gasteiger partial charge in [0.15, 0.2) is 23.3 Å². The summed E-state index contributed by atoms with van der Waals surface area (Å²) in [5, 5.41) is 0. The van der Waals surface area contributed by atoms with Gasteiger partial charge in [0.05, 0.1) is 17.6 Å². The van der Waals surface area contributed by atoms with Crippen molar-refractivity contribution in [1.82, 2.24) is 0 Å². The maximum Gasteiger partial charge on any atom is 0.289 e. The van der Waals surface area contributed by atoms with E-state index in [1.165, 1.54) is 32.8 Å². The molecule has 1 unspecified atom stereocenters. The van der Waals surface area contributed by atoms with E-state index in [4.69, 9.17) is 14.2 Å². The van der Waals surface area contributed by atoms with Crippen LogP contribution in [0.1, 0.15) is 77.2 Å². The van der Waals surface area contributed by atoms with Gasteiger partial charge in [-0.1, -0.05) is 69.7 Å². The molecule has 0 fully saturated rings. The Labute approximate surface area is 204 Å².